The van der Waals surface area contributed by atoms with Gasteiger partial charge in [0.05, 0.1) is 10.5 Å². The van der Waals surface area contributed by atoms with E-state index in [1.807, 2.05) is 0 Å². The molecule has 1 amide bonds. The fourth-order valence-corrected chi connectivity index (χ4v) is 3.24. The molecule has 0 spiro atoms. The second kappa shape index (κ2) is 8.51. The first-order valence-electron chi connectivity index (χ1n) is 7.87. The molecule has 0 unspecified atom stereocenters. The largest absolute Gasteiger partial charge is 0.452 e. The number of amides is 1. The lowest BCUT2D eigenvalue weighted by Gasteiger charge is -2.12. The first-order valence-corrected chi connectivity index (χ1v) is 9.69. The number of nitrogens with zero attached hydrogens (tertiary/aromatic N) is 1. The predicted molar refractivity (Wildman–Crippen MR) is 102 cm³/mol. The lowest BCUT2D eigenvalue weighted by molar-refractivity contribution is -0.119. The highest BCUT2D eigenvalue weighted by atomic mass is 35.5. The van der Waals surface area contributed by atoms with Gasteiger partial charge in [-0.25, -0.2) is 17.5 Å². The van der Waals surface area contributed by atoms with Gasteiger partial charge in [0.15, 0.2) is 6.61 Å². The minimum Gasteiger partial charge on any atom is -0.452 e. The Morgan fingerprint density at radius 1 is 1.15 bits per heavy atom. The zero-order chi connectivity index (χ0) is 20.2. The third-order valence-corrected chi connectivity index (χ3v) is 5.70. The molecule has 2 rings (SSSR count). The molecule has 2 aromatic carbocycles. The molecule has 0 aliphatic carbocycles. The van der Waals surface area contributed by atoms with Crippen LogP contribution in [0.3, 0.4) is 0 Å². The van der Waals surface area contributed by atoms with E-state index in [1.54, 1.807) is 25.1 Å². The summed E-state index contributed by atoms with van der Waals surface area (Å²) < 4.78 is 30.3. The van der Waals surface area contributed by atoms with E-state index in [4.69, 9.17) is 16.3 Å². The third kappa shape index (κ3) is 5.29. The summed E-state index contributed by atoms with van der Waals surface area (Å²) >= 11 is 5.89. The van der Waals surface area contributed by atoms with Gasteiger partial charge in [-0.15, -0.1) is 0 Å². The van der Waals surface area contributed by atoms with Gasteiger partial charge in [-0.2, -0.15) is 0 Å². The van der Waals surface area contributed by atoms with Crippen LogP contribution in [-0.2, 0) is 19.6 Å². The number of ether oxygens (including phenoxy) is 1. The van der Waals surface area contributed by atoms with Gasteiger partial charge >= 0.3 is 5.97 Å². The number of hydrogen-bond acceptors (Lipinski definition) is 5. The van der Waals surface area contributed by atoms with Gasteiger partial charge in [-0.1, -0.05) is 23.7 Å². The van der Waals surface area contributed by atoms with Crippen molar-refractivity contribution in [3.63, 3.8) is 0 Å². The number of rotatable bonds is 6. The molecule has 0 bridgehead atoms. The molecule has 9 heteroatoms. The summed E-state index contributed by atoms with van der Waals surface area (Å²) in [6, 6.07) is 10.5. The molecule has 0 fully saturated rings. The third-order valence-electron chi connectivity index (χ3n) is 3.66. The van der Waals surface area contributed by atoms with Crippen LogP contribution < -0.4 is 5.32 Å². The topological polar surface area (TPSA) is 92.8 Å². The number of halogens is 1. The standard InChI is InChI=1S/C18H19ClN2O5S/c1-12-7-8-14(19)10-16(12)20-17(22)11-26-18(23)13-5-4-6-15(9-13)27(24,25)21(2)3/h4-10H,11H2,1-3H3,(H,20,22). The maximum absolute atomic E-state index is 12.1. The van der Waals surface area contributed by atoms with Crippen molar-refractivity contribution in [2.24, 2.45) is 0 Å². The number of aryl methyl sites for hydroxylation is 1. The quantitative estimate of drug-likeness (QED) is 0.739. The molecule has 0 atom stereocenters. The van der Waals surface area contributed by atoms with Crippen molar-refractivity contribution in [1.82, 2.24) is 4.31 Å². The number of sulfonamides is 1. The number of anilines is 1. The Labute approximate surface area is 162 Å². The number of carbonyl (C=O) groups is 2. The molecule has 27 heavy (non-hydrogen) atoms. The molecule has 0 saturated carbocycles. The maximum atomic E-state index is 12.1. The van der Waals surface area contributed by atoms with E-state index in [2.05, 4.69) is 5.32 Å². The first-order chi connectivity index (χ1) is 12.6. The molecule has 0 aromatic heterocycles. The van der Waals surface area contributed by atoms with Gasteiger partial charge in [0.25, 0.3) is 5.91 Å². The Kier molecular flexibility index (Phi) is 6.59. The Morgan fingerprint density at radius 3 is 2.52 bits per heavy atom. The van der Waals surface area contributed by atoms with Gasteiger partial charge < -0.3 is 10.1 Å². The highest BCUT2D eigenvalue weighted by Crippen LogP contribution is 2.20. The van der Waals surface area contributed by atoms with Crippen molar-refractivity contribution in [3.05, 3.63) is 58.6 Å². The Balaban J connectivity index is 2.03. The highest BCUT2D eigenvalue weighted by molar-refractivity contribution is 7.89. The number of esters is 1. The number of nitrogens with one attached hydrogen (secondary N) is 1. The van der Waals surface area contributed by atoms with Crippen LogP contribution in [0.5, 0.6) is 0 Å². The van der Waals surface area contributed by atoms with E-state index in [9.17, 15) is 18.0 Å². The van der Waals surface area contributed by atoms with Crippen molar-refractivity contribution in [1.29, 1.82) is 0 Å². The van der Waals surface area contributed by atoms with Gasteiger partial charge in [-0.3, -0.25) is 4.79 Å². The number of benzene rings is 2. The molecule has 0 aliphatic rings. The van der Waals surface area contributed by atoms with Gasteiger partial charge in [0.2, 0.25) is 10.0 Å². The van der Waals surface area contributed by atoms with Gasteiger partial charge in [-0.05, 0) is 42.8 Å². The zero-order valence-corrected chi connectivity index (χ0v) is 16.6. The second-order valence-electron chi connectivity index (χ2n) is 5.90. The Morgan fingerprint density at radius 2 is 1.85 bits per heavy atom. The molecule has 144 valence electrons. The predicted octanol–water partition coefficient (Wildman–Crippen LogP) is 2.69. The molecule has 0 saturated heterocycles. The van der Waals surface area contributed by atoms with Crippen LogP contribution in [-0.4, -0.2) is 45.3 Å². The fraction of sp³-hybridized carbons (Fsp3) is 0.222. The van der Waals surface area contributed by atoms with E-state index in [-0.39, 0.29) is 10.5 Å². The summed E-state index contributed by atoms with van der Waals surface area (Å²) in [4.78, 5) is 24.1. The van der Waals surface area contributed by atoms with Gasteiger partial charge in [0.1, 0.15) is 0 Å². The normalized spacial score (nSPS) is 11.3. The Hall–Kier alpha value is -2.42. The summed E-state index contributed by atoms with van der Waals surface area (Å²) in [5.41, 5.74) is 1.35. The molecule has 0 heterocycles. The lowest BCUT2D eigenvalue weighted by Crippen LogP contribution is -2.23. The monoisotopic (exact) mass is 410 g/mol. The molecular formula is C18H19ClN2O5S. The van der Waals surface area contributed by atoms with Crippen LogP contribution in [0, 0.1) is 6.92 Å². The van der Waals surface area contributed by atoms with Crippen LogP contribution in [0.4, 0.5) is 5.69 Å². The number of carbonyl (C=O) groups excluding carboxylic acids is 2. The van der Waals surface area contributed by atoms with Crippen LogP contribution in [0.1, 0.15) is 15.9 Å². The maximum Gasteiger partial charge on any atom is 0.338 e. The van der Waals surface area contributed by atoms with Gasteiger partial charge in [0, 0.05) is 24.8 Å². The number of hydrogen-bond donors (Lipinski definition) is 1. The van der Waals surface area contributed by atoms with Crippen molar-refractivity contribution < 1.29 is 22.7 Å². The Bertz CT molecular complexity index is 973. The van der Waals surface area contributed by atoms with Crippen LogP contribution in [0.2, 0.25) is 5.02 Å². The summed E-state index contributed by atoms with van der Waals surface area (Å²) in [7, 11) is -0.897. The molecule has 2 aromatic rings. The minimum absolute atomic E-state index is 0.0321. The lowest BCUT2D eigenvalue weighted by atomic mass is 10.2. The van der Waals surface area contributed by atoms with E-state index < -0.39 is 28.5 Å². The molecule has 1 N–H and O–H groups in total. The summed E-state index contributed by atoms with van der Waals surface area (Å²) in [5.74, 6) is -1.34. The summed E-state index contributed by atoms with van der Waals surface area (Å²) in [5, 5.41) is 3.07. The van der Waals surface area contributed by atoms with E-state index >= 15 is 0 Å². The van der Waals surface area contributed by atoms with Crippen LogP contribution >= 0.6 is 11.6 Å². The van der Waals surface area contributed by atoms with Crippen LogP contribution in [0.15, 0.2) is 47.4 Å². The van der Waals surface area contributed by atoms with Crippen molar-refractivity contribution in [2.45, 2.75) is 11.8 Å². The molecular weight excluding hydrogens is 392 g/mol. The smallest absolute Gasteiger partial charge is 0.338 e. The molecule has 7 nitrogen and oxygen atoms in total. The summed E-state index contributed by atoms with van der Waals surface area (Å²) in [6.45, 7) is 1.28. The second-order valence-corrected chi connectivity index (χ2v) is 8.49. The fourth-order valence-electron chi connectivity index (χ4n) is 2.12. The van der Waals surface area contributed by atoms with Crippen molar-refractivity contribution >= 4 is 39.2 Å². The summed E-state index contributed by atoms with van der Waals surface area (Å²) in [6.07, 6.45) is 0. The van der Waals surface area contributed by atoms with Crippen LogP contribution in [0.25, 0.3) is 0 Å². The first kappa shape index (κ1) is 20.9. The highest BCUT2D eigenvalue weighted by Gasteiger charge is 2.19. The van der Waals surface area contributed by atoms with E-state index in [1.165, 1.54) is 38.4 Å². The van der Waals surface area contributed by atoms with Crippen molar-refractivity contribution in [2.75, 3.05) is 26.0 Å². The SMILES string of the molecule is Cc1ccc(Cl)cc1NC(=O)COC(=O)c1cccc(S(=O)(=O)N(C)C)c1. The molecule has 0 radical (unpaired) electrons. The minimum atomic E-state index is -3.68. The zero-order valence-electron chi connectivity index (χ0n) is 15.0. The average molecular weight is 411 g/mol. The molecule has 0 aliphatic heterocycles. The average Bonchev–Trinajstić information content (AvgIpc) is 2.62. The van der Waals surface area contributed by atoms with E-state index in [0.29, 0.717) is 10.7 Å². The van der Waals surface area contributed by atoms with Crippen molar-refractivity contribution in [3.8, 4) is 0 Å². The van der Waals surface area contributed by atoms with E-state index in [0.717, 1.165) is 9.87 Å².